The minimum Gasteiger partial charge on any atom is -0.377 e. The van der Waals surface area contributed by atoms with Crippen LogP contribution in [0.2, 0.25) is 0 Å². The molecular formula is C17H22FN3O3. The largest absolute Gasteiger partial charge is 0.377 e. The number of aromatic nitrogens is 1. The Labute approximate surface area is 140 Å². The standard InChI is InChI=1S/C17H22FN3O3/c1-20(2)16(23)17-6-8-24-14(17)5-7-21(11-17)15(22)9-13-4-3-12(18)10-19-13/h3-4,10,14H,5-9,11H2,1-2H3/t14-,17-/m1/s1. The smallest absolute Gasteiger partial charge is 0.232 e. The van der Waals surface area contributed by atoms with E-state index in [2.05, 4.69) is 4.98 Å². The number of carbonyl (C=O) groups is 2. The van der Waals surface area contributed by atoms with Gasteiger partial charge in [0, 0.05) is 39.5 Å². The number of nitrogens with zero attached hydrogens (tertiary/aromatic N) is 3. The first-order valence-electron chi connectivity index (χ1n) is 8.14. The highest BCUT2D eigenvalue weighted by atomic mass is 19.1. The highest BCUT2D eigenvalue weighted by molar-refractivity contribution is 5.85. The number of likely N-dealkylation sites (tertiary alicyclic amines) is 1. The molecule has 0 aliphatic carbocycles. The lowest BCUT2D eigenvalue weighted by molar-refractivity contribution is -0.152. The molecule has 0 radical (unpaired) electrons. The fraction of sp³-hybridized carbons (Fsp3) is 0.588. The van der Waals surface area contributed by atoms with Crippen molar-refractivity contribution >= 4 is 11.8 Å². The summed E-state index contributed by atoms with van der Waals surface area (Å²) in [5, 5.41) is 0. The van der Waals surface area contributed by atoms with Crippen molar-refractivity contribution in [2.75, 3.05) is 33.8 Å². The molecule has 1 aromatic rings. The van der Waals surface area contributed by atoms with Crippen LogP contribution in [0.15, 0.2) is 18.3 Å². The first-order chi connectivity index (χ1) is 11.4. The average molecular weight is 335 g/mol. The molecule has 0 unspecified atom stereocenters. The Morgan fingerprint density at radius 2 is 2.25 bits per heavy atom. The van der Waals surface area contributed by atoms with Crippen molar-refractivity contribution in [2.24, 2.45) is 5.41 Å². The zero-order valence-corrected chi connectivity index (χ0v) is 14.0. The average Bonchev–Trinajstić information content (AvgIpc) is 3.00. The summed E-state index contributed by atoms with van der Waals surface area (Å²) in [7, 11) is 3.46. The lowest BCUT2D eigenvalue weighted by atomic mass is 9.75. The molecule has 2 amide bonds. The third kappa shape index (κ3) is 3.00. The zero-order chi connectivity index (χ0) is 17.3. The molecule has 2 atom stereocenters. The van der Waals surface area contributed by atoms with Gasteiger partial charge in [0.2, 0.25) is 11.8 Å². The van der Waals surface area contributed by atoms with Crippen LogP contribution in [0.3, 0.4) is 0 Å². The van der Waals surface area contributed by atoms with Gasteiger partial charge in [0.1, 0.15) is 5.82 Å². The molecule has 0 saturated carbocycles. The monoisotopic (exact) mass is 335 g/mol. The predicted molar refractivity (Wildman–Crippen MR) is 84.6 cm³/mol. The summed E-state index contributed by atoms with van der Waals surface area (Å²) in [6, 6.07) is 2.81. The van der Waals surface area contributed by atoms with Gasteiger partial charge >= 0.3 is 0 Å². The van der Waals surface area contributed by atoms with E-state index in [-0.39, 0.29) is 24.3 Å². The van der Waals surface area contributed by atoms with Gasteiger partial charge in [-0.25, -0.2) is 4.39 Å². The van der Waals surface area contributed by atoms with E-state index in [1.165, 1.54) is 12.1 Å². The third-order valence-corrected chi connectivity index (χ3v) is 4.92. The molecule has 0 N–H and O–H groups in total. The van der Waals surface area contributed by atoms with Crippen LogP contribution in [-0.2, 0) is 20.7 Å². The molecule has 2 fully saturated rings. The van der Waals surface area contributed by atoms with E-state index in [1.54, 1.807) is 23.9 Å². The van der Waals surface area contributed by atoms with Gasteiger partial charge in [-0.2, -0.15) is 0 Å². The Bertz CT molecular complexity index is 634. The van der Waals surface area contributed by atoms with Crippen LogP contribution in [0.25, 0.3) is 0 Å². The summed E-state index contributed by atoms with van der Waals surface area (Å²) in [5.41, 5.74) is -0.118. The van der Waals surface area contributed by atoms with Crippen LogP contribution in [0.5, 0.6) is 0 Å². The number of amides is 2. The van der Waals surface area contributed by atoms with Crippen molar-refractivity contribution in [2.45, 2.75) is 25.4 Å². The number of hydrogen-bond donors (Lipinski definition) is 0. The Morgan fingerprint density at radius 3 is 2.92 bits per heavy atom. The fourth-order valence-electron chi connectivity index (χ4n) is 3.69. The maximum atomic E-state index is 12.9. The Morgan fingerprint density at radius 1 is 1.46 bits per heavy atom. The molecule has 2 aliphatic heterocycles. The summed E-state index contributed by atoms with van der Waals surface area (Å²) in [6.45, 7) is 1.48. The van der Waals surface area contributed by atoms with E-state index in [1.807, 2.05) is 0 Å². The molecule has 2 saturated heterocycles. The highest BCUT2D eigenvalue weighted by Crippen LogP contribution is 2.42. The van der Waals surface area contributed by atoms with Crippen LogP contribution >= 0.6 is 0 Å². The Hall–Kier alpha value is -2.02. The SMILES string of the molecule is CN(C)C(=O)[C@@]12CCO[C@@H]1CCN(C(=O)Cc1ccc(F)cn1)C2. The first-order valence-corrected chi connectivity index (χ1v) is 8.14. The number of hydrogen-bond acceptors (Lipinski definition) is 4. The third-order valence-electron chi connectivity index (χ3n) is 4.92. The number of carbonyl (C=O) groups excluding carboxylic acids is 2. The summed E-state index contributed by atoms with van der Waals surface area (Å²) < 4.78 is 18.7. The number of pyridine rings is 1. The lowest BCUT2D eigenvalue weighted by Gasteiger charge is -2.43. The van der Waals surface area contributed by atoms with Crippen molar-refractivity contribution in [3.8, 4) is 0 Å². The second-order valence-corrected chi connectivity index (χ2v) is 6.71. The lowest BCUT2D eigenvalue weighted by Crippen LogP contribution is -2.58. The van der Waals surface area contributed by atoms with E-state index < -0.39 is 11.2 Å². The van der Waals surface area contributed by atoms with Gasteiger partial charge in [-0.3, -0.25) is 14.6 Å². The van der Waals surface area contributed by atoms with Crippen LogP contribution < -0.4 is 0 Å². The summed E-state index contributed by atoms with van der Waals surface area (Å²) in [4.78, 5) is 32.6. The molecule has 130 valence electrons. The Balaban J connectivity index is 1.74. The predicted octanol–water partition coefficient (Wildman–Crippen LogP) is 0.859. The number of fused-ring (bicyclic) bond motifs is 1. The second-order valence-electron chi connectivity index (χ2n) is 6.71. The summed E-state index contributed by atoms with van der Waals surface area (Å²) in [6.07, 6.45) is 2.38. The molecular weight excluding hydrogens is 313 g/mol. The van der Waals surface area contributed by atoms with E-state index in [9.17, 15) is 14.0 Å². The van der Waals surface area contributed by atoms with Crippen LogP contribution in [-0.4, -0.2) is 66.5 Å². The van der Waals surface area contributed by atoms with Gasteiger partial charge < -0.3 is 14.5 Å². The van der Waals surface area contributed by atoms with Gasteiger partial charge in [0.25, 0.3) is 0 Å². The van der Waals surface area contributed by atoms with Crippen molar-refractivity contribution < 1.29 is 18.7 Å². The first kappa shape index (κ1) is 16.8. The van der Waals surface area contributed by atoms with E-state index in [0.29, 0.717) is 38.2 Å². The molecule has 1 aromatic heterocycles. The van der Waals surface area contributed by atoms with E-state index >= 15 is 0 Å². The quantitative estimate of drug-likeness (QED) is 0.822. The normalized spacial score (nSPS) is 26.1. The van der Waals surface area contributed by atoms with Gasteiger partial charge in [0.05, 0.1) is 24.1 Å². The molecule has 3 heterocycles. The van der Waals surface area contributed by atoms with Gasteiger partial charge in [0.15, 0.2) is 0 Å². The molecule has 0 spiro atoms. The van der Waals surface area contributed by atoms with E-state index in [4.69, 9.17) is 4.74 Å². The van der Waals surface area contributed by atoms with Crippen molar-refractivity contribution in [1.82, 2.24) is 14.8 Å². The molecule has 3 rings (SSSR count). The maximum absolute atomic E-state index is 12.9. The van der Waals surface area contributed by atoms with Gasteiger partial charge in [-0.1, -0.05) is 0 Å². The fourth-order valence-corrected chi connectivity index (χ4v) is 3.69. The van der Waals surface area contributed by atoms with Crippen LogP contribution in [0, 0.1) is 11.2 Å². The summed E-state index contributed by atoms with van der Waals surface area (Å²) in [5.74, 6) is -0.501. The molecule has 24 heavy (non-hydrogen) atoms. The van der Waals surface area contributed by atoms with Crippen LogP contribution in [0.4, 0.5) is 4.39 Å². The summed E-state index contributed by atoms with van der Waals surface area (Å²) >= 11 is 0. The molecule has 6 nitrogen and oxygen atoms in total. The number of piperidine rings is 1. The Kier molecular flexibility index (Phi) is 4.54. The number of ether oxygens (including phenoxy) is 1. The zero-order valence-electron chi connectivity index (χ0n) is 14.0. The van der Waals surface area contributed by atoms with Gasteiger partial charge in [-0.05, 0) is 25.0 Å². The van der Waals surface area contributed by atoms with Crippen molar-refractivity contribution in [3.63, 3.8) is 0 Å². The molecule has 2 aliphatic rings. The number of halogens is 1. The minimum atomic E-state index is -0.645. The minimum absolute atomic E-state index is 0.0161. The van der Waals surface area contributed by atoms with Crippen molar-refractivity contribution in [1.29, 1.82) is 0 Å². The second kappa shape index (κ2) is 6.47. The molecule has 7 heteroatoms. The van der Waals surface area contributed by atoms with Gasteiger partial charge in [-0.15, -0.1) is 0 Å². The van der Waals surface area contributed by atoms with Crippen molar-refractivity contribution in [3.05, 3.63) is 29.8 Å². The highest BCUT2D eigenvalue weighted by Gasteiger charge is 2.54. The maximum Gasteiger partial charge on any atom is 0.232 e. The number of rotatable bonds is 3. The molecule has 0 aromatic carbocycles. The molecule has 0 bridgehead atoms. The van der Waals surface area contributed by atoms with Crippen LogP contribution in [0.1, 0.15) is 18.5 Å². The van der Waals surface area contributed by atoms with E-state index in [0.717, 1.165) is 6.20 Å². The topological polar surface area (TPSA) is 62.7 Å².